The van der Waals surface area contributed by atoms with Gasteiger partial charge in [0.1, 0.15) is 5.78 Å². The first kappa shape index (κ1) is 18.2. The van der Waals surface area contributed by atoms with Crippen molar-refractivity contribution in [2.24, 2.45) is 0 Å². The van der Waals surface area contributed by atoms with Crippen LogP contribution in [0.5, 0.6) is 0 Å². The highest BCUT2D eigenvalue weighted by atomic mass is 35.5. The predicted octanol–water partition coefficient (Wildman–Crippen LogP) is 4.36. The molecule has 0 spiro atoms. The van der Waals surface area contributed by atoms with Gasteiger partial charge in [-0.3, -0.25) is 9.59 Å². The number of nitrogens with zero attached hydrogens (tertiary/aromatic N) is 1. The van der Waals surface area contributed by atoms with Crippen molar-refractivity contribution in [1.29, 1.82) is 0 Å². The van der Waals surface area contributed by atoms with E-state index in [0.29, 0.717) is 31.9 Å². The predicted molar refractivity (Wildman–Crippen MR) is 98.3 cm³/mol. The lowest BCUT2D eigenvalue weighted by Crippen LogP contribution is -2.41. The highest BCUT2D eigenvalue weighted by Crippen LogP contribution is 2.44. The Hall–Kier alpha value is -1.59. The van der Waals surface area contributed by atoms with Gasteiger partial charge in [-0.25, -0.2) is 0 Å². The average Bonchev–Trinajstić information content (AvgIpc) is 2.71. The van der Waals surface area contributed by atoms with Crippen LogP contribution in [-0.4, -0.2) is 16.8 Å². The zero-order chi connectivity index (χ0) is 18.4. The fraction of sp³-hybridized carbons (Fsp3) is 0.222. The molecule has 0 saturated heterocycles. The average molecular weight is 399 g/mol. The summed E-state index contributed by atoms with van der Waals surface area (Å²) in [5.74, 6) is -0.876. The third-order valence-corrected chi connectivity index (χ3v) is 4.96. The molecule has 0 aliphatic carbocycles. The number of Topliss-reactive ketones (excluding diaryl/α,β-unsaturated/α-hetero) is 1. The molecule has 1 unspecified atom stereocenters. The van der Waals surface area contributed by atoms with Crippen molar-refractivity contribution in [2.75, 3.05) is 4.90 Å². The van der Waals surface area contributed by atoms with Gasteiger partial charge >= 0.3 is 0 Å². The van der Waals surface area contributed by atoms with Gasteiger partial charge in [-0.2, -0.15) is 0 Å². The Morgan fingerprint density at radius 1 is 1.12 bits per heavy atom. The molecule has 1 atom stereocenters. The molecular formula is C18H14Cl3NO3. The Bertz CT molecular complexity index is 884. The summed E-state index contributed by atoms with van der Waals surface area (Å²) in [5, 5.41) is 12.2. The van der Waals surface area contributed by atoms with E-state index in [0.717, 1.165) is 0 Å². The molecular weight excluding hydrogens is 385 g/mol. The summed E-state index contributed by atoms with van der Waals surface area (Å²) in [7, 11) is 0. The van der Waals surface area contributed by atoms with Crippen molar-refractivity contribution >= 4 is 52.2 Å². The van der Waals surface area contributed by atoms with E-state index < -0.39 is 11.5 Å². The fourth-order valence-corrected chi connectivity index (χ4v) is 3.67. The lowest BCUT2D eigenvalue weighted by molar-refractivity contribution is -0.141. The molecule has 0 fully saturated rings. The van der Waals surface area contributed by atoms with Gasteiger partial charge in [0.05, 0.1) is 12.2 Å². The van der Waals surface area contributed by atoms with Gasteiger partial charge in [-0.15, -0.1) is 0 Å². The van der Waals surface area contributed by atoms with Crippen molar-refractivity contribution in [3.8, 4) is 0 Å². The number of halogens is 3. The normalized spacial score (nSPS) is 19.2. The smallest absolute Gasteiger partial charge is 0.264 e. The number of hydrogen-bond acceptors (Lipinski definition) is 3. The van der Waals surface area contributed by atoms with Crippen molar-refractivity contribution in [2.45, 2.75) is 25.5 Å². The number of rotatable bonds is 4. The molecule has 7 heteroatoms. The number of fused-ring (bicyclic) bond motifs is 1. The lowest BCUT2D eigenvalue weighted by Gasteiger charge is -2.22. The van der Waals surface area contributed by atoms with E-state index in [1.807, 2.05) is 0 Å². The molecule has 0 aromatic heterocycles. The molecule has 0 saturated carbocycles. The summed E-state index contributed by atoms with van der Waals surface area (Å²) >= 11 is 18.1. The van der Waals surface area contributed by atoms with Crippen LogP contribution in [0.4, 0.5) is 5.69 Å². The van der Waals surface area contributed by atoms with Gasteiger partial charge in [0.25, 0.3) is 5.91 Å². The zero-order valence-corrected chi connectivity index (χ0v) is 15.5. The second-order valence-corrected chi connectivity index (χ2v) is 7.31. The van der Waals surface area contributed by atoms with Crippen molar-refractivity contribution in [3.05, 3.63) is 62.6 Å². The molecule has 2 aromatic rings. The Labute approximate surface area is 159 Å². The van der Waals surface area contributed by atoms with Crippen LogP contribution in [0, 0.1) is 0 Å². The summed E-state index contributed by atoms with van der Waals surface area (Å²) < 4.78 is 0. The molecule has 1 N–H and O–H groups in total. The minimum Gasteiger partial charge on any atom is -0.375 e. The number of anilines is 1. The third kappa shape index (κ3) is 3.27. The Balaban J connectivity index is 2.06. The maximum atomic E-state index is 12.9. The number of amides is 1. The first-order valence-electron chi connectivity index (χ1n) is 7.50. The number of benzene rings is 2. The van der Waals surface area contributed by atoms with Crippen LogP contribution in [0.1, 0.15) is 24.5 Å². The second kappa shape index (κ2) is 6.61. The van der Waals surface area contributed by atoms with Crippen LogP contribution < -0.4 is 4.90 Å². The van der Waals surface area contributed by atoms with Gasteiger partial charge in [-0.1, -0.05) is 40.9 Å². The SMILES string of the molecule is CC(=O)CC1(O)C(=O)N(Cc2ccc(Cl)cc2Cl)c2ccc(Cl)cc21. The fourth-order valence-electron chi connectivity index (χ4n) is 3.03. The maximum absolute atomic E-state index is 12.9. The van der Waals surface area contributed by atoms with Crippen molar-refractivity contribution < 1.29 is 14.7 Å². The molecule has 130 valence electrons. The molecule has 1 amide bonds. The molecule has 1 heterocycles. The number of carbonyl (C=O) groups excluding carboxylic acids is 2. The lowest BCUT2D eigenvalue weighted by atomic mass is 9.90. The summed E-state index contributed by atoms with van der Waals surface area (Å²) in [6.45, 7) is 1.47. The molecule has 4 nitrogen and oxygen atoms in total. The van der Waals surface area contributed by atoms with Crippen LogP contribution in [0.2, 0.25) is 15.1 Å². The molecule has 25 heavy (non-hydrogen) atoms. The molecule has 1 aliphatic rings. The van der Waals surface area contributed by atoms with Crippen molar-refractivity contribution in [1.82, 2.24) is 0 Å². The van der Waals surface area contributed by atoms with Crippen molar-refractivity contribution in [3.63, 3.8) is 0 Å². The Kier molecular flexibility index (Phi) is 4.82. The van der Waals surface area contributed by atoms with Gasteiger partial charge < -0.3 is 10.0 Å². The van der Waals surface area contributed by atoms with E-state index in [9.17, 15) is 14.7 Å². The van der Waals surface area contributed by atoms with Gasteiger partial charge in [-0.05, 0) is 42.8 Å². The first-order chi connectivity index (χ1) is 11.7. The number of aliphatic hydroxyl groups is 1. The molecule has 0 bridgehead atoms. The summed E-state index contributed by atoms with van der Waals surface area (Å²) in [5.41, 5.74) is -0.424. The maximum Gasteiger partial charge on any atom is 0.264 e. The summed E-state index contributed by atoms with van der Waals surface area (Å²) in [4.78, 5) is 25.9. The molecule has 1 aliphatic heterocycles. The standard InChI is InChI=1S/C18H14Cl3NO3/c1-10(23)8-18(25)14-6-12(19)4-5-16(14)22(17(18)24)9-11-2-3-13(20)7-15(11)21/h2-7,25H,8-9H2,1H3. The number of ketones is 1. The first-order valence-corrected chi connectivity index (χ1v) is 8.63. The van der Waals surface area contributed by atoms with Crippen LogP contribution in [0.25, 0.3) is 0 Å². The monoisotopic (exact) mass is 397 g/mol. The molecule has 3 rings (SSSR count). The van der Waals surface area contributed by atoms with Crippen LogP contribution in [0.15, 0.2) is 36.4 Å². The highest BCUT2D eigenvalue weighted by molar-refractivity contribution is 6.35. The van der Waals surface area contributed by atoms with E-state index in [-0.39, 0.29) is 18.7 Å². The van der Waals surface area contributed by atoms with E-state index in [4.69, 9.17) is 34.8 Å². The quantitative estimate of drug-likeness (QED) is 0.832. The third-order valence-electron chi connectivity index (χ3n) is 4.14. The minimum atomic E-state index is -1.93. The number of carbonyl (C=O) groups is 2. The van der Waals surface area contributed by atoms with Gasteiger partial charge in [0.15, 0.2) is 5.60 Å². The van der Waals surface area contributed by atoms with Gasteiger partial charge in [0, 0.05) is 27.1 Å². The largest absolute Gasteiger partial charge is 0.375 e. The van der Waals surface area contributed by atoms with Crippen LogP contribution in [0.3, 0.4) is 0 Å². The zero-order valence-electron chi connectivity index (χ0n) is 13.2. The van der Waals surface area contributed by atoms with Crippen LogP contribution in [-0.2, 0) is 21.7 Å². The molecule has 0 radical (unpaired) electrons. The van der Waals surface area contributed by atoms with Gasteiger partial charge in [0.2, 0.25) is 0 Å². The topological polar surface area (TPSA) is 57.6 Å². The number of hydrogen-bond donors (Lipinski definition) is 1. The summed E-state index contributed by atoms with van der Waals surface area (Å²) in [6, 6.07) is 9.77. The van der Waals surface area contributed by atoms with E-state index in [1.54, 1.807) is 30.3 Å². The second-order valence-electron chi connectivity index (χ2n) is 6.03. The minimum absolute atomic E-state index is 0.143. The Morgan fingerprint density at radius 3 is 2.40 bits per heavy atom. The van der Waals surface area contributed by atoms with Crippen LogP contribution >= 0.6 is 34.8 Å². The Morgan fingerprint density at radius 2 is 1.76 bits per heavy atom. The van der Waals surface area contributed by atoms with E-state index >= 15 is 0 Å². The summed E-state index contributed by atoms with van der Waals surface area (Å²) in [6.07, 6.45) is -0.315. The highest BCUT2D eigenvalue weighted by Gasteiger charge is 2.50. The molecule has 2 aromatic carbocycles. The van der Waals surface area contributed by atoms with E-state index in [1.165, 1.54) is 17.9 Å². The van der Waals surface area contributed by atoms with E-state index in [2.05, 4.69) is 0 Å².